The van der Waals surface area contributed by atoms with Crippen molar-refractivity contribution in [2.45, 2.75) is 0 Å². The second kappa shape index (κ2) is 7.08. The van der Waals surface area contributed by atoms with Crippen LogP contribution in [0, 0.1) is 0 Å². The number of rotatable bonds is 2. The number of H-pyrrole nitrogens is 1. The van der Waals surface area contributed by atoms with Gasteiger partial charge in [-0.25, -0.2) is 0 Å². The zero-order valence-electron chi connectivity index (χ0n) is 18.0. The first-order valence-corrected chi connectivity index (χ1v) is 11.4. The van der Waals surface area contributed by atoms with Gasteiger partial charge in [-0.1, -0.05) is 97.1 Å². The monoisotopic (exact) mass is 419 g/mol. The lowest BCUT2D eigenvalue weighted by Crippen LogP contribution is -1.83. The number of aromatic nitrogens is 1. The zero-order valence-corrected chi connectivity index (χ0v) is 18.0. The molecular weight excluding hydrogens is 398 g/mol. The van der Waals surface area contributed by atoms with Gasteiger partial charge in [0.1, 0.15) is 0 Å². The van der Waals surface area contributed by atoms with Crippen molar-refractivity contribution in [3.8, 4) is 22.3 Å². The van der Waals surface area contributed by atoms with Crippen molar-refractivity contribution in [2.24, 2.45) is 0 Å². The minimum Gasteiger partial charge on any atom is -0.354 e. The third-order valence-corrected chi connectivity index (χ3v) is 6.75. The van der Waals surface area contributed by atoms with Crippen LogP contribution in [-0.4, -0.2) is 4.98 Å². The van der Waals surface area contributed by atoms with Crippen molar-refractivity contribution in [3.05, 3.63) is 121 Å². The molecule has 0 aliphatic carbocycles. The van der Waals surface area contributed by atoms with Crippen molar-refractivity contribution >= 4 is 43.4 Å². The summed E-state index contributed by atoms with van der Waals surface area (Å²) in [6, 6.07) is 43.7. The molecular formula is C32H21N. The molecule has 0 aliphatic heterocycles. The molecule has 1 nitrogen and oxygen atoms in total. The molecule has 1 aromatic heterocycles. The Morgan fingerprint density at radius 2 is 1.09 bits per heavy atom. The van der Waals surface area contributed by atoms with Crippen LogP contribution >= 0.6 is 0 Å². The fourth-order valence-electron chi connectivity index (χ4n) is 5.18. The Balaban J connectivity index is 1.55. The van der Waals surface area contributed by atoms with E-state index in [2.05, 4.69) is 126 Å². The third-order valence-electron chi connectivity index (χ3n) is 6.75. The molecule has 0 saturated heterocycles. The van der Waals surface area contributed by atoms with Crippen LogP contribution in [0.15, 0.2) is 121 Å². The number of fused-ring (bicyclic) bond motifs is 6. The van der Waals surface area contributed by atoms with Gasteiger partial charge in [-0.2, -0.15) is 0 Å². The lowest BCUT2D eigenvalue weighted by molar-refractivity contribution is 1.55. The second-order valence-electron chi connectivity index (χ2n) is 8.71. The summed E-state index contributed by atoms with van der Waals surface area (Å²) in [6.45, 7) is 0. The summed E-state index contributed by atoms with van der Waals surface area (Å²) in [5.74, 6) is 0. The molecule has 33 heavy (non-hydrogen) atoms. The first kappa shape index (κ1) is 18.2. The summed E-state index contributed by atoms with van der Waals surface area (Å²) in [7, 11) is 0. The summed E-state index contributed by atoms with van der Waals surface area (Å²) in [5, 5.41) is 7.67. The van der Waals surface area contributed by atoms with Gasteiger partial charge in [-0.3, -0.25) is 0 Å². The minimum absolute atomic E-state index is 1.18. The van der Waals surface area contributed by atoms with Gasteiger partial charge in [0.05, 0.1) is 0 Å². The molecule has 0 fully saturated rings. The molecule has 0 radical (unpaired) electrons. The number of aromatic amines is 1. The number of hydrogen-bond acceptors (Lipinski definition) is 0. The average molecular weight is 420 g/mol. The molecule has 0 unspecified atom stereocenters. The predicted molar refractivity (Wildman–Crippen MR) is 142 cm³/mol. The van der Waals surface area contributed by atoms with Crippen LogP contribution in [0.1, 0.15) is 0 Å². The molecule has 154 valence electrons. The second-order valence-corrected chi connectivity index (χ2v) is 8.71. The highest BCUT2D eigenvalue weighted by atomic mass is 14.7. The van der Waals surface area contributed by atoms with E-state index in [1.54, 1.807) is 0 Å². The first-order valence-electron chi connectivity index (χ1n) is 11.4. The van der Waals surface area contributed by atoms with Crippen molar-refractivity contribution in [3.63, 3.8) is 0 Å². The summed E-state index contributed by atoms with van der Waals surface area (Å²) in [4.78, 5) is 3.72. The zero-order chi connectivity index (χ0) is 21.8. The smallest absolute Gasteiger partial charge is 0.0477 e. The highest BCUT2D eigenvalue weighted by Gasteiger charge is 2.14. The molecule has 0 saturated carbocycles. The molecule has 7 aromatic rings. The third kappa shape index (κ3) is 2.86. The standard InChI is InChI=1S/C32H21N/c1-3-9-21(10-4-1)23-15-16-24-19-30-29(18-25(24)17-23)32-27-14-8-7-13-26(27)28(20-31(32)33-30)22-11-5-2-6-12-22/h1-20,33H. The minimum atomic E-state index is 1.18. The van der Waals surface area contributed by atoms with E-state index in [0.717, 1.165) is 0 Å². The van der Waals surface area contributed by atoms with Gasteiger partial charge in [-0.05, 0) is 68.1 Å². The van der Waals surface area contributed by atoms with Crippen molar-refractivity contribution in [2.75, 3.05) is 0 Å². The summed E-state index contributed by atoms with van der Waals surface area (Å²) in [6.07, 6.45) is 0. The van der Waals surface area contributed by atoms with Gasteiger partial charge in [-0.15, -0.1) is 0 Å². The van der Waals surface area contributed by atoms with Crippen molar-refractivity contribution < 1.29 is 0 Å². The Labute approximate surface area is 191 Å². The van der Waals surface area contributed by atoms with E-state index in [4.69, 9.17) is 0 Å². The van der Waals surface area contributed by atoms with E-state index in [1.165, 1.54) is 65.6 Å². The quantitative estimate of drug-likeness (QED) is 0.288. The molecule has 1 N–H and O–H groups in total. The Morgan fingerprint density at radius 3 is 1.88 bits per heavy atom. The van der Waals surface area contributed by atoms with Crippen LogP contribution in [0.25, 0.3) is 65.6 Å². The van der Waals surface area contributed by atoms with Gasteiger partial charge in [0, 0.05) is 21.8 Å². The molecule has 0 bridgehead atoms. The van der Waals surface area contributed by atoms with Crippen LogP contribution < -0.4 is 0 Å². The maximum absolute atomic E-state index is 3.72. The normalized spacial score (nSPS) is 11.6. The average Bonchev–Trinajstić information content (AvgIpc) is 3.25. The molecule has 0 aliphatic rings. The summed E-state index contributed by atoms with van der Waals surface area (Å²) >= 11 is 0. The topological polar surface area (TPSA) is 15.8 Å². The van der Waals surface area contributed by atoms with Crippen molar-refractivity contribution in [1.29, 1.82) is 0 Å². The fourth-order valence-corrected chi connectivity index (χ4v) is 5.18. The van der Waals surface area contributed by atoms with E-state index < -0.39 is 0 Å². The van der Waals surface area contributed by atoms with Crippen LogP contribution in [0.5, 0.6) is 0 Å². The Hall–Kier alpha value is -4.36. The van der Waals surface area contributed by atoms with E-state index in [9.17, 15) is 0 Å². The highest BCUT2D eigenvalue weighted by Crippen LogP contribution is 2.39. The Kier molecular flexibility index (Phi) is 3.91. The SMILES string of the molecule is c1ccc(-c2ccc3cc4[nH]c5cc(-c6ccccc6)c6ccccc6c5c4cc3c2)cc1. The van der Waals surface area contributed by atoms with Gasteiger partial charge >= 0.3 is 0 Å². The summed E-state index contributed by atoms with van der Waals surface area (Å²) in [5.41, 5.74) is 7.37. The van der Waals surface area contributed by atoms with E-state index in [-0.39, 0.29) is 0 Å². The first-order chi connectivity index (χ1) is 16.3. The Morgan fingerprint density at radius 1 is 0.394 bits per heavy atom. The lowest BCUT2D eigenvalue weighted by atomic mass is 9.94. The number of hydrogen-bond donors (Lipinski definition) is 1. The van der Waals surface area contributed by atoms with Crippen LogP contribution in [0.4, 0.5) is 0 Å². The van der Waals surface area contributed by atoms with Gasteiger partial charge in [0.15, 0.2) is 0 Å². The number of benzene rings is 6. The highest BCUT2D eigenvalue weighted by molar-refractivity contribution is 6.24. The molecule has 0 spiro atoms. The molecule has 6 aromatic carbocycles. The van der Waals surface area contributed by atoms with Crippen molar-refractivity contribution in [1.82, 2.24) is 4.98 Å². The number of nitrogens with one attached hydrogen (secondary N) is 1. The molecule has 0 atom stereocenters. The van der Waals surface area contributed by atoms with E-state index in [0.29, 0.717) is 0 Å². The van der Waals surface area contributed by atoms with Crippen LogP contribution in [0.2, 0.25) is 0 Å². The maximum atomic E-state index is 3.72. The van der Waals surface area contributed by atoms with Crippen LogP contribution in [-0.2, 0) is 0 Å². The maximum Gasteiger partial charge on any atom is 0.0477 e. The fraction of sp³-hybridized carbons (Fsp3) is 0. The molecule has 1 heterocycles. The van der Waals surface area contributed by atoms with E-state index in [1.807, 2.05) is 0 Å². The van der Waals surface area contributed by atoms with Crippen LogP contribution in [0.3, 0.4) is 0 Å². The van der Waals surface area contributed by atoms with E-state index >= 15 is 0 Å². The molecule has 0 amide bonds. The molecule has 7 rings (SSSR count). The molecule has 1 heteroatoms. The lowest BCUT2D eigenvalue weighted by Gasteiger charge is -2.09. The largest absolute Gasteiger partial charge is 0.354 e. The summed E-state index contributed by atoms with van der Waals surface area (Å²) < 4.78 is 0. The van der Waals surface area contributed by atoms with Gasteiger partial charge in [0.25, 0.3) is 0 Å². The van der Waals surface area contributed by atoms with Gasteiger partial charge in [0.2, 0.25) is 0 Å². The Bertz CT molecular complexity index is 1790. The van der Waals surface area contributed by atoms with Gasteiger partial charge < -0.3 is 4.98 Å². The predicted octanol–water partition coefficient (Wildman–Crippen LogP) is 8.96.